The predicted molar refractivity (Wildman–Crippen MR) is 72.6 cm³/mol. The van der Waals surface area contributed by atoms with Crippen molar-refractivity contribution < 1.29 is 0 Å². The van der Waals surface area contributed by atoms with Gasteiger partial charge in [-0.15, -0.1) is 21.5 Å². The Balaban J connectivity index is 1.90. The lowest BCUT2D eigenvalue weighted by Crippen LogP contribution is -2.12. The molecule has 0 aromatic carbocycles. The zero-order valence-corrected chi connectivity index (χ0v) is 11.4. The average molecular weight is 268 g/mol. The number of thiophene rings is 1. The molecule has 0 fully saturated rings. The summed E-state index contributed by atoms with van der Waals surface area (Å²) in [4.78, 5) is 1.42. The SMILES string of the molecule is Cc1nnc(SCCc2cccs2)n1CCN. The predicted octanol–water partition coefficient (Wildman–Crippen LogP) is 1.94. The van der Waals surface area contributed by atoms with Crippen molar-refractivity contribution in [3.63, 3.8) is 0 Å². The lowest BCUT2D eigenvalue weighted by molar-refractivity contribution is 0.627. The van der Waals surface area contributed by atoms with Gasteiger partial charge in [-0.3, -0.25) is 0 Å². The van der Waals surface area contributed by atoms with Crippen LogP contribution in [0.25, 0.3) is 0 Å². The van der Waals surface area contributed by atoms with Crippen LogP contribution in [0.4, 0.5) is 0 Å². The molecule has 0 radical (unpaired) electrons. The second-order valence-corrected chi connectivity index (χ2v) is 5.74. The van der Waals surface area contributed by atoms with Crippen molar-refractivity contribution in [1.29, 1.82) is 0 Å². The highest BCUT2D eigenvalue weighted by Gasteiger charge is 2.08. The highest BCUT2D eigenvalue weighted by atomic mass is 32.2. The second kappa shape index (κ2) is 6.18. The largest absolute Gasteiger partial charge is 0.329 e. The summed E-state index contributed by atoms with van der Waals surface area (Å²) in [7, 11) is 0. The Kier molecular flexibility index (Phi) is 4.58. The highest BCUT2D eigenvalue weighted by molar-refractivity contribution is 7.99. The molecule has 92 valence electrons. The molecule has 4 nitrogen and oxygen atoms in total. The van der Waals surface area contributed by atoms with E-state index in [1.54, 1.807) is 23.1 Å². The van der Waals surface area contributed by atoms with E-state index in [1.165, 1.54) is 4.88 Å². The van der Waals surface area contributed by atoms with Gasteiger partial charge in [0.15, 0.2) is 5.16 Å². The van der Waals surface area contributed by atoms with Crippen molar-refractivity contribution in [2.45, 2.75) is 25.0 Å². The van der Waals surface area contributed by atoms with E-state index in [-0.39, 0.29) is 0 Å². The van der Waals surface area contributed by atoms with Crippen molar-refractivity contribution in [1.82, 2.24) is 14.8 Å². The summed E-state index contributed by atoms with van der Waals surface area (Å²) in [6.07, 6.45) is 1.08. The van der Waals surface area contributed by atoms with Crippen LogP contribution in [0, 0.1) is 6.92 Å². The molecular formula is C11H16N4S2. The summed E-state index contributed by atoms with van der Waals surface area (Å²) in [5.41, 5.74) is 5.58. The number of aromatic nitrogens is 3. The Morgan fingerprint density at radius 2 is 2.35 bits per heavy atom. The van der Waals surface area contributed by atoms with Crippen LogP contribution in [-0.4, -0.2) is 27.1 Å². The van der Waals surface area contributed by atoms with Gasteiger partial charge in [0.1, 0.15) is 5.82 Å². The number of hydrogen-bond donors (Lipinski definition) is 1. The topological polar surface area (TPSA) is 56.7 Å². The number of nitrogens with zero attached hydrogens (tertiary/aromatic N) is 3. The Morgan fingerprint density at radius 3 is 3.06 bits per heavy atom. The lowest BCUT2D eigenvalue weighted by Gasteiger charge is -2.05. The smallest absolute Gasteiger partial charge is 0.191 e. The molecular weight excluding hydrogens is 252 g/mol. The molecule has 0 bridgehead atoms. The molecule has 0 unspecified atom stereocenters. The molecule has 6 heteroatoms. The quantitative estimate of drug-likeness (QED) is 0.814. The third-order valence-electron chi connectivity index (χ3n) is 2.41. The van der Waals surface area contributed by atoms with Crippen molar-refractivity contribution in [2.24, 2.45) is 5.73 Å². The number of thioether (sulfide) groups is 1. The first-order valence-corrected chi connectivity index (χ1v) is 7.43. The van der Waals surface area contributed by atoms with Gasteiger partial charge in [0.2, 0.25) is 0 Å². The summed E-state index contributed by atoms with van der Waals surface area (Å²) < 4.78 is 2.08. The van der Waals surface area contributed by atoms with E-state index in [0.29, 0.717) is 6.54 Å². The van der Waals surface area contributed by atoms with Crippen LogP contribution in [-0.2, 0) is 13.0 Å². The molecule has 17 heavy (non-hydrogen) atoms. The van der Waals surface area contributed by atoms with Crippen molar-refractivity contribution in [2.75, 3.05) is 12.3 Å². The molecule has 2 aromatic heterocycles. The van der Waals surface area contributed by atoms with E-state index >= 15 is 0 Å². The fourth-order valence-corrected chi connectivity index (χ4v) is 3.37. The maximum atomic E-state index is 5.58. The maximum absolute atomic E-state index is 5.58. The molecule has 0 saturated carbocycles. The summed E-state index contributed by atoms with van der Waals surface area (Å²) in [6.45, 7) is 3.38. The minimum Gasteiger partial charge on any atom is -0.329 e. The Morgan fingerprint density at radius 1 is 1.47 bits per heavy atom. The van der Waals surface area contributed by atoms with Crippen LogP contribution in [0.5, 0.6) is 0 Å². The molecule has 2 rings (SSSR count). The third-order valence-corrected chi connectivity index (χ3v) is 4.32. The maximum Gasteiger partial charge on any atom is 0.191 e. The molecule has 0 saturated heterocycles. The van der Waals surface area contributed by atoms with Crippen LogP contribution < -0.4 is 5.73 Å². The van der Waals surface area contributed by atoms with Crippen molar-refractivity contribution in [3.8, 4) is 0 Å². The van der Waals surface area contributed by atoms with E-state index in [9.17, 15) is 0 Å². The van der Waals surface area contributed by atoms with E-state index in [2.05, 4.69) is 32.3 Å². The van der Waals surface area contributed by atoms with Gasteiger partial charge in [-0.2, -0.15) is 0 Å². The average Bonchev–Trinajstić information content (AvgIpc) is 2.93. The van der Waals surface area contributed by atoms with Gasteiger partial charge in [0.05, 0.1) is 0 Å². The van der Waals surface area contributed by atoms with E-state index < -0.39 is 0 Å². The number of hydrogen-bond acceptors (Lipinski definition) is 5. The monoisotopic (exact) mass is 268 g/mol. The second-order valence-electron chi connectivity index (χ2n) is 3.65. The van der Waals surface area contributed by atoms with Crippen molar-refractivity contribution in [3.05, 3.63) is 28.2 Å². The Hall–Kier alpha value is -0.850. The number of aryl methyl sites for hydroxylation is 2. The molecule has 0 aliphatic heterocycles. The van der Waals surface area contributed by atoms with E-state index in [1.807, 2.05) is 6.92 Å². The molecule has 2 aromatic rings. The minimum absolute atomic E-state index is 0.622. The third kappa shape index (κ3) is 3.31. The molecule has 0 aliphatic carbocycles. The van der Waals surface area contributed by atoms with Gasteiger partial charge in [0.25, 0.3) is 0 Å². The van der Waals surface area contributed by atoms with E-state index in [0.717, 1.165) is 29.7 Å². The molecule has 0 atom stereocenters. The van der Waals surface area contributed by atoms with E-state index in [4.69, 9.17) is 5.73 Å². The lowest BCUT2D eigenvalue weighted by atomic mass is 10.4. The molecule has 0 amide bonds. The van der Waals surface area contributed by atoms with Gasteiger partial charge < -0.3 is 10.3 Å². The Bertz CT molecular complexity index is 450. The van der Waals surface area contributed by atoms with Gasteiger partial charge in [0, 0.05) is 23.7 Å². The van der Waals surface area contributed by atoms with Crippen LogP contribution in [0.1, 0.15) is 10.7 Å². The van der Waals surface area contributed by atoms with Crippen molar-refractivity contribution >= 4 is 23.1 Å². The van der Waals surface area contributed by atoms with Gasteiger partial charge in [-0.25, -0.2) is 0 Å². The summed E-state index contributed by atoms with van der Waals surface area (Å²) in [5, 5.41) is 11.4. The van der Waals surface area contributed by atoms with Crippen LogP contribution >= 0.6 is 23.1 Å². The van der Waals surface area contributed by atoms with Gasteiger partial charge in [-0.05, 0) is 24.8 Å². The zero-order chi connectivity index (χ0) is 12.1. The Labute approximate surface area is 109 Å². The fourth-order valence-electron chi connectivity index (χ4n) is 1.55. The minimum atomic E-state index is 0.622. The fraction of sp³-hybridized carbons (Fsp3) is 0.455. The standard InChI is InChI=1S/C11H16N4S2/c1-9-13-14-11(15(9)6-5-12)17-8-4-10-3-2-7-16-10/h2-3,7H,4-6,8,12H2,1H3. The highest BCUT2D eigenvalue weighted by Crippen LogP contribution is 2.19. The molecule has 0 spiro atoms. The number of rotatable bonds is 6. The summed E-state index contributed by atoms with van der Waals surface area (Å²) >= 11 is 3.55. The van der Waals surface area contributed by atoms with Crippen LogP contribution in [0.15, 0.2) is 22.7 Å². The number of nitrogens with two attached hydrogens (primary N) is 1. The first-order valence-electron chi connectivity index (χ1n) is 5.56. The molecule has 2 N–H and O–H groups in total. The van der Waals surface area contributed by atoms with Gasteiger partial charge in [-0.1, -0.05) is 17.8 Å². The molecule has 0 aliphatic rings. The summed E-state index contributed by atoms with van der Waals surface area (Å²) in [6, 6.07) is 4.26. The normalized spacial score (nSPS) is 10.9. The van der Waals surface area contributed by atoms with Gasteiger partial charge >= 0.3 is 0 Å². The van der Waals surface area contributed by atoms with Crippen LogP contribution in [0.3, 0.4) is 0 Å². The summed E-state index contributed by atoms with van der Waals surface area (Å²) in [5.74, 6) is 1.97. The van der Waals surface area contributed by atoms with Crippen LogP contribution in [0.2, 0.25) is 0 Å². The zero-order valence-electron chi connectivity index (χ0n) is 9.80. The molecule has 2 heterocycles. The first-order chi connectivity index (χ1) is 8.31. The first kappa shape index (κ1) is 12.6.